The van der Waals surface area contributed by atoms with E-state index in [1.165, 1.54) is 12.1 Å². The van der Waals surface area contributed by atoms with Crippen molar-refractivity contribution in [3.05, 3.63) is 33.9 Å². The van der Waals surface area contributed by atoms with Gasteiger partial charge in [-0.25, -0.2) is 13.1 Å². The molecular weight excluding hydrogens is 270 g/mol. The van der Waals surface area contributed by atoms with Crippen LogP contribution < -0.4 is 10.0 Å². The zero-order valence-corrected chi connectivity index (χ0v) is 11.2. The molecule has 104 valence electrons. The highest BCUT2D eigenvalue weighted by Crippen LogP contribution is 2.27. The fraction of sp³-hybridized carbons (Fsp3) is 0.455. The predicted octanol–water partition coefficient (Wildman–Crippen LogP) is 0.543. The van der Waals surface area contributed by atoms with Crippen LogP contribution in [0.5, 0.6) is 0 Å². The van der Waals surface area contributed by atoms with Crippen LogP contribution in [0.3, 0.4) is 0 Å². The van der Waals surface area contributed by atoms with Crippen molar-refractivity contribution in [3.8, 4) is 0 Å². The first kappa shape index (κ1) is 13.9. The standard InChI is InChI=1S/C11H15N3O4S/c1-8-3-2-4-10(14(15)16)11(8)19(17,18)13-9-5-6-12-7-9/h2-4,9,12-13H,5-7H2,1H3/t9-/m0/s1. The lowest BCUT2D eigenvalue weighted by Crippen LogP contribution is -2.36. The van der Waals surface area contributed by atoms with Gasteiger partial charge in [-0.2, -0.15) is 0 Å². The molecular formula is C11H15N3O4S. The Morgan fingerprint density at radius 3 is 2.79 bits per heavy atom. The number of benzene rings is 1. The molecule has 0 aliphatic carbocycles. The molecule has 0 saturated carbocycles. The molecule has 1 aromatic rings. The SMILES string of the molecule is Cc1cccc([N+](=O)[O-])c1S(=O)(=O)N[C@H]1CCNC1. The normalized spacial score (nSPS) is 19.5. The van der Waals surface area contributed by atoms with Gasteiger partial charge in [-0.05, 0) is 25.5 Å². The molecule has 19 heavy (non-hydrogen) atoms. The second-order valence-corrected chi connectivity index (χ2v) is 6.14. The molecule has 1 aromatic carbocycles. The third-order valence-corrected chi connectivity index (χ3v) is 4.75. The number of rotatable bonds is 4. The Kier molecular flexibility index (Phi) is 3.83. The number of nitrogens with zero attached hydrogens (tertiary/aromatic N) is 1. The van der Waals surface area contributed by atoms with Crippen LogP contribution in [0, 0.1) is 17.0 Å². The molecule has 0 bridgehead atoms. The summed E-state index contributed by atoms with van der Waals surface area (Å²) in [5.74, 6) is 0. The maximum Gasteiger partial charge on any atom is 0.289 e. The maximum absolute atomic E-state index is 12.3. The van der Waals surface area contributed by atoms with Crippen LogP contribution in [0.2, 0.25) is 0 Å². The van der Waals surface area contributed by atoms with Gasteiger partial charge in [-0.15, -0.1) is 0 Å². The Labute approximate surface area is 111 Å². The van der Waals surface area contributed by atoms with Gasteiger partial charge in [0.15, 0.2) is 4.90 Å². The minimum absolute atomic E-state index is 0.218. The number of nitrogens with one attached hydrogen (secondary N) is 2. The molecule has 2 N–H and O–H groups in total. The minimum Gasteiger partial charge on any atom is -0.315 e. The van der Waals surface area contributed by atoms with Crippen LogP contribution in [-0.2, 0) is 10.0 Å². The van der Waals surface area contributed by atoms with E-state index in [-0.39, 0.29) is 10.9 Å². The molecule has 0 amide bonds. The van der Waals surface area contributed by atoms with Crippen LogP contribution in [0.15, 0.2) is 23.1 Å². The van der Waals surface area contributed by atoms with Crippen molar-refractivity contribution in [2.75, 3.05) is 13.1 Å². The van der Waals surface area contributed by atoms with Gasteiger partial charge < -0.3 is 5.32 Å². The van der Waals surface area contributed by atoms with Crippen molar-refractivity contribution >= 4 is 15.7 Å². The van der Waals surface area contributed by atoms with Crippen molar-refractivity contribution in [1.29, 1.82) is 0 Å². The van der Waals surface area contributed by atoms with E-state index in [1.807, 2.05) is 0 Å². The number of sulfonamides is 1. The summed E-state index contributed by atoms with van der Waals surface area (Å²) in [4.78, 5) is 10.0. The van der Waals surface area contributed by atoms with Crippen molar-refractivity contribution in [2.45, 2.75) is 24.3 Å². The number of nitro groups is 1. The summed E-state index contributed by atoms with van der Waals surface area (Å²) in [6.45, 7) is 2.83. The van der Waals surface area contributed by atoms with E-state index < -0.39 is 20.6 Å². The Balaban J connectivity index is 2.41. The smallest absolute Gasteiger partial charge is 0.289 e. The summed E-state index contributed by atoms with van der Waals surface area (Å²) in [6, 6.07) is 4.01. The molecule has 1 aliphatic rings. The fourth-order valence-corrected chi connectivity index (χ4v) is 3.83. The Bertz CT molecular complexity index is 594. The lowest BCUT2D eigenvalue weighted by Gasteiger charge is -2.13. The van der Waals surface area contributed by atoms with Crippen LogP contribution in [-0.4, -0.2) is 32.5 Å². The van der Waals surface area contributed by atoms with E-state index in [0.29, 0.717) is 18.5 Å². The van der Waals surface area contributed by atoms with Gasteiger partial charge in [-0.3, -0.25) is 10.1 Å². The highest BCUT2D eigenvalue weighted by Gasteiger charge is 2.30. The molecule has 0 radical (unpaired) electrons. The van der Waals surface area contributed by atoms with Crippen molar-refractivity contribution in [3.63, 3.8) is 0 Å². The summed E-state index contributed by atoms with van der Waals surface area (Å²) in [5, 5.41) is 14.0. The number of nitro benzene ring substituents is 1. The zero-order valence-electron chi connectivity index (χ0n) is 10.4. The minimum atomic E-state index is -3.88. The van der Waals surface area contributed by atoms with E-state index in [0.717, 1.165) is 6.54 Å². The largest absolute Gasteiger partial charge is 0.315 e. The molecule has 0 spiro atoms. The molecule has 1 saturated heterocycles. The first-order chi connectivity index (χ1) is 8.92. The van der Waals surface area contributed by atoms with Gasteiger partial charge in [-0.1, -0.05) is 12.1 Å². The first-order valence-corrected chi connectivity index (χ1v) is 7.37. The molecule has 1 fully saturated rings. The second-order valence-electron chi connectivity index (χ2n) is 4.49. The molecule has 0 aromatic heterocycles. The third-order valence-electron chi connectivity index (χ3n) is 3.04. The highest BCUT2D eigenvalue weighted by atomic mass is 32.2. The van der Waals surface area contributed by atoms with E-state index >= 15 is 0 Å². The molecule has 2 rings (SSSR count). The summed E-state index contributed by atoms with van der Waals surface area (Å²) in [5.41, 5.74) is -0.0221. The fourth-order valence-electron chi connectivity index (χ4n) is 2.16. The van der Waals surface area contributed by atoms with E-state index in [9.17, 15) is 18.5 Å². The van der Waals surface area contributed by atoms with E-state index in [2.05, 4.69) is 10.0 Å². The summed E-state index contributed by atoms with van der Waals surface area (Å²) in [7, 11) is -3.88. The average molecular weight is 285 g/mol. The van der Waals surface area contributed by atoms with E-state index in [4.69, 9.17) is 0 Å². The summed E-state index contributed by atoms with van der Waals surface area (Å²) in [6.07, 6.45) is 0.679. The Morgan fingerprint density at radius 1 is 1.47 bits per heavy atom. The van der Waals surface area contributed by atoms with Gasteiger partial charge in [0, 0.05) is 18.7 Å². The third kappa shape index (κ3) is 2.91. The Hall–Kier alpha value is -1.51. The lowest BCUT2D eigenvalue weighted by atomic mass is 10.2. The molecule has 1 heterocycles. The number of hydrogen-bond donors (Lipinski definition) is 2. The number of aryl methyl sites for hydroxylation is 1. The van der Waals surface area contributed by atoms with Gasteiger partial charge >= 0.3 is 0 Å². The van der Waals surface area contributed by atoms with Crippen molar-refractivity contribution < 1.29 is 13.3 Å². The summed E-state index contributed by atoms with van der Waals surface area (Å²) >= 11 is 0. The van der Waals surface area contributed by atoms with Gasteiger partial charge in [0.2, 0.25) is 10.0 Å². The van der Waals surface area contributed by atoms with E-state index in [1.54, 1.807) is 13.0 Å². The predicted molar refractivity (Wildman–Crippen MR) is 69.4 cm³/mol. The quantitative estimate of drug-likeness (QED) is 0.621. The van der Waals surface area contributed by atoms with Crippen molar-refractivity contribution in [2.24, 2.45) is 0 Å². The average Bonchev–Trinajstić information content (AvgIpc) is 2.80. The molecule has 1 aliphatic heterocycles. The number of hydrogen-bond acceptors (Lipinski definition) is 5. The monoisotopic (exact) mass is 285 g/mol. The Morgan fingerprint density at radius 2 is 2.21 bits per heavy atom. The first-order valence-electron chi connectivity index (χ1n) is 5.89. The van der Waals surface area contributed by atoms with Gasteiger partial charge in [0.25, 0.3) is 5.69 Å². The van der Waals surface area contributed by atoms with Gasteiger partial charge in [0.1, 0.15) is 0 Å². The molecule has 8 heteroatoms. The van der Waals surface area contributed by atoms with Crippen LogP contribution in [0.1, 0.15) is 12.0 Å². The van der Waals surface area contributed by atoms with Crippen LogP contribution in [0.25, 0.3) is 0 Å². The topological polar surface area (TPSA) is 101 Å². The summed E-state index contributed by atoms with van der Waals surface area (Å²) < 4.78 is 27.1. The van der Waals surface area contributed by atoms with Crippen molar-refractivity contribution in [1.82, 2.24) is 10.0 Å². The lowest BCUT2D eigenvalue weighted by molar-refractivity contribution is -0.387. The van der Waals surface area contributed by atoms with Crippen LogP contribution >= 0.6 is 0 Å². The molecule has 7 nitrogen and oxygen atoms in total. The second kappa shape index (κ2) is 5.24. The maximum atomic E-state index is 12.3. The molecule has 1 atom stereocenters. The highest BCUT2D eigenvalue weighted by molar-refractivity contribution is 7.89. The van der Waals surface area contributed by atoms with Crippen LogP contribution in [0.4, 0.5) is 5.69 Å². The zero-order chi connectivity index (χ0) is 14.0. The van der Waals surface area contributed by atoms with Gasteiger partial charge in [0.05, 0.1) is 4.92 Å². The molecule has 0 unspecified atom stereocenters.